The number of nitrogens with one attached hydrogen (secondary N) is 2. The van der Waals surface area contributed by atoms with Crippen LogP contribution in [0.1, 0.15) is 12.6 Å². The lowest BCUT2D eigenvalue weighted by Gasteiger charge is -2.11. The third-order valence-electron chi connectivity index (χ3n) is 3.12. The van der Waals surface area contributed by atoms with E-state index in [1.807, 2.05) is 38.1 Å². The van der Waals surface area contributed by atoms with Crippen molar-refractivity contribution in [3.05, 3.63) is 46.8 Å². The van der Waals surface area contributed by atoms with Crippen LogP contribution in [0, 0.1) is 6.92 Å². The number of aromatic amines is 2. The number of hydrogen-bond donors (Lipinski definition) is 2. The molecular formula is C14H15N5O2. The Morgan fingerprint density at radius 2 is 2.14 bits per heavy atom. The lowest BCUT2D eigenvalue weighted by atomic mass is 10.2. The van der Waals surface area contributed by atoms with Gasteiger partial charge >= 0.3 is 5.69 Å². The molecule has 0 unspecified atom stereocenters. The molecule has 21 heavy (non-hydrogen) atoms. The summed E-state index contributed by atoms with van der Waals surface area (Å²) in [6.45, 7) is 4.29. The second-order valence-electron chi connectivity index (χ2n) is 4.46. The van der Waals surface area contributed by atoms with Crippen molar-refractivity contribution in [2.75, 3.05) is 6.61 Å². The van der Waals surface area contributed by atoms with E-state index in [9.17, 15) is 4.79 Å². The Labute approximate surface area is 120 Å². The highest BCUT2D eigenvalue weighted by atomic mass is 16.5. The Balaban J connectivity index is 2.23. The minimum absolute atomic E-state index is 0.334. The molecule has 0 bridgehead atoms. The van der Waals surface area contributed by atoms with Crippen molar-refractivity contribution in [1.82, 2.24) is 24.7 Å². The highest BCUT2D eigenvalue weighted by molar-refractivity contribution is 5.58. The highest BCUT2D eigenvalue weighted by Gasteiger charge is 2.18. The molecule has 0 aliphatic carbocycles. The van der Waals surface area contributed by atoms with E-state index >= 15 is 0 Å². The highest BCUT2D eigenvalue weighted by Crippen LogP contribution is 2.25. The summed E-state index contributed by atoms with van der Waals surface area (Å²) < 4.78 is 7.06. The summed E-state index contributed by atoms with van der Waals surface area (Å²) in [7, 11) is 0. The van der Waals surface area contributed by atoms with Gasteiger partial charge in [0.15, 0.2) is 5.82 Å². The lowest BCUT2D eigenvalue weighted by molar-refractivity contribution is 0.339. The van der Waals surface area contributed by atoms with Gasteiger partial charge in [-0.05, 0) is 26.0 Å². The fourth-order valence-electron chi connectivity index (χ4n) is 2.18. The normalized spacial score (nSPS) is 10.8. The Kier molecular flexibility index (Phi) is 3.31. The van der Waals surface area contributed by atoms with Gasteiger partial charge in [0.05, 0.1) is 18.6 Å². The molecule has 108 valence electrons. The fraction of sp³-hybridized carbons (Fsp3) is 0.214. The van der Waals surface area contributed by atoms with Crippen LogP contribution < -0.4 is 10.4 Å². The average Bonchev–Trinajstić information content (AvgIpc) is 3.06. The number of benzene rings is 1. The summed E-state index contributed by atoms with van der Waals surface area (Å²) in [6.07, 6.45) is 1.57. The first-order chi connectivity index (χ1) is 10.2. The number of H-pyrrole nitrogens is 2. The molecule has 2 aromatic heterocycles. The monoisotopic (exact) mass is 285 g/mol. The Hall–Kier alpha value is -2.83. The van der Waals surface area contributed by atoms with Gasteiger partial charge in [-0.25, -0.2) is 19.4 Å². The standard InChI is InChI=1S/C14H15N5O2/c1-3-21-11-7-5-4-6-10(11)19-13(17-18-14(19)20)12-9(2)15-8-16-12/h4-8H,3H2,1-2H3,(H,15,16)(H,18,20). The topological polar surface area (TPSA) is 88.6 Å². The zero-order valence-electron chi connectivity index (χ0n) is 11.8. The molecule has 1 aromatic carbocycles. The number of aromatic nitrogens is 5. The average molecular weight is 285 g/mol. The van der Waals surface area contributed by atoms with Crippen LogP contribution in [0.5, 0.6) is 5.75 Å². The number of rotatable bonds is 4. The van der Waals surface area contributed by atoms with Crippen LogP contribution in [0.4, 0.5) is 0 Å². The Bertz CT molecular complexity index is 815. The smallest absolute Gasteiger partial charge is 0.348 e. The first-order valence-corrected chi connectivity index (χ1v) is 6.62. The third kappa shape index (κ3) is 2.22. The first kappa shape index (κ1) is 13.2. The minimum Gasteiger partial charge on any atom is -0.492 e. The molecule has 0 saturated carbocycles. The summed E-state index contributed by atoms with van der Waals surface area (Å²) in [4.78, 5) is 19.4. The van der Waals surface area contributed by atoms with Crippen molar-refractivity contribution in [2.24, 2.45) is 0 Å². The van der Waals surface area contributed by atoms with Crippen LogP contribution in [0.3, 0.4) is 0 Å². The Morgan fingerprint density at radius 1 is 1.33 bits per heavy atom. The maximum absolute atomic E-state index is 12.2. The minimum atomic E-state index is -0.334. The Morgan fingerprint density at radius 3 is 2.86 bits per heavy atom. The van der Waals surface area contributed by atoms with Crippen molar-refractivity contribution in [1.29, 1.82) is 0 Å². The SMILES string of the molecule is CCOc1ccccc1-n1c(-c2nc[nH]c2C)n[nH]c1=O. The van der Waals surface area contributed by atoms with Crippen LogP contribution >= 0.6 is 0 Å². The molecule has 3 rings (SSSR count). The molecular weight excluding hydrogens is 270 g/mol. The molecule has 7 heteroatoms. The van der Waals surface area contributed by atoms with Crippen molar-refractivity contribution in [3.8, 4) is 23.0 Å². The molecule has 0 fully saturated rings. The maximum atomic E-state index is 12.2. The molecule has 7 nitrogen and oxygen atoms in total. The van der Waals surface area contributed by atoms with Crippen LogP contribution in [0.2, 0.25) is 0 Å². The molecule has 3 aromatic rings. The molecule has 2 heterocycles. The summed E-state index contributed by atoms with van der Waals surface area (Å²) >= 11 is 0. The largest absolute Gasteiger partial charge is 0.492 e. The molecule has 0 aliphatic heterocycles. The van der Waals surface area contributed by atoms with Crippen molar-refractivity contribution in [2.45, 2.75) is 13.8 Å². The molecule has 0 amide bonds. The van der Waals surface area contributed by atoms with Crippen LogP contribution in [-0.4, -0.2) is 31.3 Å². The van der Waals surface area contributed by atoms with E-state index in [1.54, 1.807) is 6.33 Å². The van der Waals surface area contributed by atoms with Gasteiger partial charge in [-0.3, -0.25) is 0 Å². The van der Waals surface area contributed by atoms with E-state index in [-0.39, 0.29) is 5.69 Å². The van der Waals surface area contributed by atoms with Gasteiger partial charge in [0.2, 0.25) is 0 Å². The van der Waals surface area contributed by atoms with Gasteiger partial charge < -0.3 is 9.72 Å². The molecule has 2 N–H and O–H groups in total. The number of hydrogen-bond acceptors (Lipinski definition) is 4. The van der Waals surface area contributed by atoms with Crippen LogP contribution in [0.15, 0.2) is 35.4 Å². The molecule has 0 aliphatic rings. The van der Waals surface area contributed by atoms with E-state index < -0.39 is 0 Å². The van der Waals surface area contributed by atoms with E-state index in [2.05, 4.69) is 20.2 Å². The van der Waals surface area contributed by atoms with E-state index in [4.69, 9.17) is 4.74 Å². The van der Waals surface area contributed by atoms with E-state index in [1.165, 1.54) is 4.57 Å². The van der Waals surface area contributed by atoms with Gasteiger partial charge in [-0.15, -0.1) is 0 Å². The van der Waals surface area contributed by atoms with Gasteiger partial charge in [0, 0.05) is 5.69 Å². The van der Waals surface area contributed by atoms with E-state index in [0.29, 0.717) is 29.6 Å². The van der Waals surface area contributed by atoms with Crippen molar-refractivity contribution >= 4 is 0 Å². The lowest BCUT2D eigenvalue weighted by Crippen LogP contribution is -2.17. The predicted molar refractivity (Wildman–Crippen MR) is 77.7 cm³/mol. The zero-order valence-corrected chi connectivity index (χ0v) is 11.8. The number of nitrogens with zero attached hydrogens (tertiary/aromatic N) is 3. The van der Waals surface area contributed by atoms with Crippen LogP contribution in [-0.2, 0) is 0 Å². The summed E-state index contributed by atoms with van der Waals surface area (Å²) in [6, 6.07) is 7.34. The number of ether oxygens (including phenoxy) is 1. The van der Waals surface area contributed by atoms with E-state index in [0.717, 1.165) is 5.69 Å². The number of imidazole rings is 1. The number of para-hydroxylation sites is 2. The second kappa shape index (κ2) is 5.28. The molecule has 0 radical (unpaired) electrons. The fourth-order valence-corrected chi connectivity index (χ4v) is 2.18. The summed E-state index contributed by atoms with van der Waals surface area (Å²) in [5, 5.41) is 6.55. The van der Waals surface area contributed by atoms with Crippen molar-refractivity contribution < 1.29 is 4.74 Å². The first-order valence-electron chi connectivity index (χ1n) is 6.62. The molecule has 0 atom stereocenters. The van der Waals surface area contributed by atoms with Gasteiger partial charge in [-0.2, -0.15) is 5.10 Å². The van der Waals surface area contributed by atoms with Gasteiger partial charge in [-0.1, -0.05) is 12.1 Å². The number of aryl methyl sites for hydroxylation is 1. The summed E-state index contributed by atoms with van der Waals surface area (Å²) in [5.74, 6) is 1.07. The predicted octanol–water partition coefficient (Wildman–Crippen LogP) is 1.66. The van der Waals surface area contributed by atoms with Crippen molar-refractivity contribution in [3.63, 3.8) is 0 Å². The van der Waals surface area contributed by atoms with Gasteiger partial charge in [0.25, 0.3) is 0 Å². The maximum Gasteiger partial charge on any atom is 0.348 e. The van der Waals surface area contributed by atoms with Gasteiger partial charge in [0.1, 0.15) is 11.4 Å². The second-order valence-corrected chi connectivity index (χ2v) is 4.46. The summed E-state index contributed by atoms with van der Waals surface area (Å²) in [5.41, 5.74) is 1.76. The van der Waals surface area contributed by atoms with Crippen LogP contribution in [0.25, 0.3) is 17.2 Å². The zero-order chi connectivity index (χ0) is 14.8. The third-order valence-corrected chi connectivity index (χ3v) is 3.12. The molecule has 0 saturated heterocycles. The molecule has 0 spiro atoms. The quantitative estimate of drug-likeness (QED) is 0.763.